The van der Waals surface area contributed by atoms with E-state index >= 15 is 0 Å². The summed E-state index contributed by atoms with van der Waals surface area (Å²) >= 11 is 6.23. The number of ketones is 1. The Morgan fingerprint density at radius 1 is 0.943 bits per heavy atom. The fourth-order valence-electron chi connectivity index (χ4n) is 4.15. The van der Waals surface area contributed by atoms with Crippen molar-refractivity contribution in [3.05, 3.63) is 88.5 Å². The van der Waals surface area contributed by atoms with Crippen molar-refractivity contribution >= 4 is 40.4 Å². The zero-order valence-corrected chi connectivity index (χ0v) is 20.5. The van der Waals surface area contributed by atoms with Gasteiger partial charge in [-0.1, -0.05) is 41.9 Å². The fraction of sp³-hybridized carbons (Fsp3) is 0.185. The van der Waals surface area contributed by atoms with E-state index in [2.05, 4.69) is 0 Å². The number of hydrogen-bond acceptors (Lipinski definition) is 6. The Balaban J connectivity index is 1.98. The number of Topliss-reactive ketones (excluding diaryl/α,β-unsaturated/α-hetero) is 1. The summed E-state index contributed by atoms with van der Waals surface area (Å²) in [7, 11) is 6.71. The van der Waals surface area contributed by atoms with Crippen LogP contribution in [0.1, 0.15) is 17.2 Å². The summed E-state index contributed by atoms with van der Waals surface area (Å²) in [6, 6.07) is 18.5. The van der Waals surface area contributed by atoms with Crippen molar-refractivity contribution in [1.29, 1.82) is 0 Å². The first-order valence-corrected chi connectivity index (χ1v) is 11.2. The van der Waals surface area contributed by atoms with Crippen LogP contribution in [0.2, 0.25) is 5.02 Å². The molecule has 1 amide bonds. The highest BCUT2D eigenvalue weighted by molar-refractivity contribution is 6.51. The summed E-state index contributed by atoms with van der Waals surface area (Å²) in [6.45, 7) is 0. The molecule has 1 N–H and O–H groups in total. The summed E-state index contributed by atoms with van der Waals surface area (Å²) in [6.07, 6.45) is 0. The number of para-hydroxylation sites is 1. The van der Waals surface area contributed by atoms with E-state index in [1.807, 2.05) is 49.3 Å². The maximum atomic E-state index is 13.4. The zero-order valence-electron chi connectivity index (χ0n) is 19.8. The van der Waals surface area contributed by atoms with Crippen molar-refractivity contribution in [3.63, 3.8) is 0 Å². The van der Waals surface area contributed by atoms with Gasteiger partial charge >= 0.3 is 0 Å². The topological polar surface area (TPSA) is 79.3 Å². The lowest BCUT2D eigenvalue weighted by molar-refractivity contribution is -0.132. The van der Waals surface area contributed by atoms with Crippen molar-refractivity contribution in [2.75, 3.05) is 38.1 Å². The number of benzene rings is 3. The Kier molecular flexibility index (Phi) is 6.71. The molecule has 1 aliphatic rings. The van der Waals surface area contributed by atoms with Crippen molar-refractivity contribution in [3.8, 4) is 11.5 Å². The Morgan fingerprint density at radius 3 is 2.14 bits per heavy atom. The Labute approximate surface area is 208 Å². The summed E-state index contributed by atoms with van der Waals surface area (Å²) in [5.41, 5.74) is 2.29. The molecule has 1 saturated heterocycles. The van der Waals surface area contributed by atoms with Crippen LogP contribution in [0, 0.1) is 0 Å². The van der Waals surface area contributed by atoms with Crippen molar-refractivity contribution in [2.45, 2.75) is 6.04 Å². The maximum Gasteiger partial charge on any atom is 0.300 e. The van der Waals surface area contributed by atoms with E-state index in [1.165, 1.54) is 31.3 Å². The lowest BCUT2D eigenvalue weighted by Crippen LogP contribution is -2.29. The number of carbonyl (C=O) groups is 2. The van der Waals surface area contributed by atoms with Gasteiger partial charge in [0.05, 0.1) is 36.4 Å². The average Bonchev–Trinajstić information content (AvgIpc) is 3.14. The number of halogens is 1. The standard InChI is InChI=1S/C27H25ClN2O5/c1-29(2)17-12-10-16(11-13-17)24-23(26(32)27(33)30(24)18-8-6-5-7-9-18)25(31)19-14-22(35-4)20(28)15-21(19)34-3/h5-15,24,31H,1-4H3/b25-23+. The van der Waals surface area contributed by atoms with Gasteiger partial charge in [-0.15, -0.1) is 0 Å². The van der Waals surface area contributed by atoms with Gasteiger partial charge < -0.3 is 19.5 Å². The van der Waals surface area contributed by atoms with Crippen LogP contribution in [-0.4, -0.2) is 45.1 Å². The summed E-state index contributed by atoms with van der Waals surface area (Å²) in [5.74, 6) is -1.39. The number of aliphatic hydroxyl groups excluding tert-OH is 1. The van der Waals surface area contributed by atoms with Gasteiger partial charge in [0.1, 0.15) is 17.3 Å². The molecule has 35 heavy (non-hydrogen) atoms. The fourth-order valence-corrected chi connectivity index (χ4v) is 4.38. The van der Waals surface area contributed by atoms with Crippen LogP contribution in [0.3, 0.4) is 0 Å². The smallest absolute Gasteiger partial charge is 0.300 e. The van der Waals surface area contributed by atoms with Gasteiger partial charge in [-0.05, 0) is 35.9 Å². The van der Waals surface area contributed by atoms with E-state index in [4.69, 9.17) is 21.1 Å². The lowest BCUT2D eigenvalue weighted by Gasteiger charge is -2.26. The maximum absolute atomic E-state index is 13.4. The highest BCUT2D eigenvalue weighted by Gasteiger charge is 2.47. The molecule has 1 aliphatic heterocycles. The third-order valence-electron chi connectivity index (χ3n) is 5.93. The predicted octanol–water partition coefficient (Wildman–Crippen LogP) is 5.05. The molecule has 4 rings (SSSR count). The van der Waals surface area contributed by atoms with Crippen molar-refractivity contribution in [2.24, 2.45) is 0 Å². The molecule has 1 atom stereocenters. The van der Waals surface area contributed by atoms with Crippen molar-refractivity contribution < 1.29 is 24.2 Å². The molecule has 0 aliphatic carbocycles. The van der Waals surface area contributed by atoms with Crippen LogP contribution in [0.5, 0.6) is 11.5 Å². The number of carbonyl (C=O) groups excluding carboxylic acids is 2. The number of aliphatic hydroxyl groups is 1. The summed E-state index contributed by atoms with van der Waals surface area (Å²) < 4.78 is 10.7. The third-order valence-corrected chi connectivity index (χ3v) is 6.23. The first kappa shape index (κ1) is 24.2. The monoisotopic (exact) mass is 492 g/mol. The van der Waals surface area contributed by atoms with Gasteiger partial charge in [0, 0.05) is 31.5 Å². The van der Waals surface area contributed by atoms with Gasteiger partial charge in [-0.3, -0.25) is 14.5 Å². The zero-order chi connectivity index (χ0) is 25.3. The molecule has 1 unspecified atom stereocenters. The molecule has 1 heterocycles. The molecule has 1 fully saturated rings. The number of ether oxygens (including phenoxy) is 2. The normalized spacial score (nSPS) is 16.9. The van der Waals surface area contributed by atoms with Crippen LogP contribution in [0.15, 0.2) is 72.3 Å². The van der Waals surface area contributed by atoms with Gasteiger partial charge in [0.2, 0.25) is 0 Å². The molecule has 3 aromatic carbocycles. The molecule has 0 spiro atoms. The highest BCUT2D eigenvalue weighted by Crippen LogP contribution is 2.44. The molecular formula is C27H25ClN2O5. The third kappa shape index (κ3) is 4.31. The van der Waals surface area contributed by atoms with Crippen LogP contribution >= 0.6 is 11.6 Å². The SMILES string of the molecule is COc1cc(/C(O)=C2\C(=O)C(=O)N(c3ccccc3)C2c2ccc(N(C)C)cc2)c(OC)cc1Cl. The molecule has 180 valence electrons. The number of anilines is 2. The van der Waals surface area contributed by atoms with Crippen LogP contribution in [-0.2, 0) is 9.59 Å². The second-order valence-electron chi connectivity index (χ2n) is 8.18. The second kappa shape index (κ2) is 9.72. The molecule has 0 aromatic heterocycles. The van der Waals surface area contributed by atoms with Crippen LogP contribution < -0.4 is 19.3 Å². The molecule has 7 nitrogen and oxygen atoms in total. The van der Waals surface area contributed by atoms with E-state index in [-0.39, 0.29) is 33.4 Å². The summed E-state index contributed by atoms with van der Waals surface area (Å²) in [5, 5.41) is 11.7. The van der Waals surface area contributed by atoms with Gasteiger partial charge in [0.25, 0.3) is 11.7 Å². The Hall–Kier alpha value is -3.97. The minimum atomic E-state index is -0.861. The minimum absolute atomic E-state index is 0.0564. The van der Waals surface area contributed by atoms with Crippen LogP contribution in [0.25, 0.3) is 5.76 Å². The minimum Gasteiger partial charge on any atom is -0.507 e. The molecule has 0 radical (unpaired) electrons. The lowest BCUT2D eigenvalue weighted by atomic mass is 9.94. The number of amides is 1. The molecule has 3 aromatic rings. The van der Waals surface area contributed by atoms with Crippen molar-refractivity contribution in [1.82, 2.24) is 0 Å². The number of hydrogen-bond donors (Lipinski definition) is 1. The molecule has 0 saturated carbocycles. The van der Waals surface area contributed by atoms with Gasteiger partial charge in [-0.25, -0.2) is 0 Å². The van der Waals surface area contributed by atoms with E-state index in [9.17, 15) is 14.7 Å². The first-order valence-electron chi connectivity index (χ1n) is 10.8. The predicted molar refractivity (Wildman–Crippen MR) is 137 cm³/mol. The van der Waals surface area contributed by atoms with Crippen LogP contribution in [0.4, 0.5) is 11.4 Å². The first-order chi connectivity index (χ1) is 16.8. The van der Waals surface area contributed by atoms with E-state index in [1.54, 1.807) is 24.3 Å². The highest BCUT2D eigenvalue weighted by atomic mass is 35.5. The van der Waals surface area contributed by atoms with E-state index in [0.717, 1.165) is 5.69 Å². The Bertz CT molecular complexity index is 1300. The quantitative estimate of drug-likeness (QED) is 0.295. The average molecular weight is 493 g/mol. The summed E-state index contributed by atoms with van der Waals surface area (Å²) in [4.78, 5) is 30.0. The molecule has 0 bridgehead atoms. The van der Waals surface area contributed by atoms with Gasteiger partial charge in [0.15, 0.2) is 0 Å². The van der Waals surface area contributed by atoms with E-state index < -0.39 is 17.7 Å². The largest absolute Gasteiger partial charge is 0.507 e. The number of nitrogens with zero attached hydrogens (tertiary/aromatic N) is 2. The Morgan fingerprint density at radius 2 is 1.57 bits per heavy atom. The van der Waals surface area contributed by atoms with E-state index in [0.29, 0.717) is 11.3 Å². The molecule has 8 heteroatoms. The molecular weight excluding hydrogens is 468 g/mol. The number of methoxy groups -OCH3 is 2. The van der Waals surface area contributed by atoms with Gasteiger partial charge in [-0.2, -0.15) is 0 Å². The second-order valence-corrected chi connectivity index (χ2v) is 8.58. The number of rotatable bonds is 6.